The highest BCUT2D eigenvalue weighted by molar-refractivity contribution is 5.86. The number of hydrogen-bond acceptors (Lipinski definition) is 2. The summed E-state index contributed by atoms with van der Waals surface area (Å²) < 4.78 is 7.78. The number of aromatic nitrogens is 1. The summed E-state index contributed by atoms with van der Waals surface area (Å²) in [5, 5.41) is 1.29. The first kappa shape index (κ1) is 15.7. The molecule has 4 nitrogen and oxygen atoms in total. The minimum atomic E-state index is -0.467. The molecule has 1 aliphatic rings. The lowest BCUT2D eigenvalue weighted by molar-refractivity contribution is 0.0220. The van der Waals surface area contributed by atoms with E-state index in [2.05, 4.69) is 35.4 Å². The third-order valence-electron chi connectivity index (χ3n) is 4.13. The van der Waals surface area contributed by atoms with E-state index >= 15 is 0 Å². The molecule has 23 heavy (non-hydrogen) atoms. The molecule has 0 unspecified atom stereocenters. The zero-order chi connectivity index (χ0) is 16.6. The van der Waals surface area contributed by atoms with E-state index in [-0.39, 0.29) is 6.09 Å². The van der Waals surface area contributed by atoms with E-state index in [4.69, 9.17) is 4.74 Å². The molecule has 2 heterocycles. The fourth-order valence-corrected chi connectivity index (χ4v) is 3.21. The van der Waals surface area contributed by atoms with Crippen molar-refractivity contribution in [2.75, 3.05) is 6.54 Å². The van der Waals surface area contributed by atoms with Crippen molar-refractivity contribution in [3.63, 3.8) is 0 Å². The molecule has 0 atom stereocenters. The smallest absolute Gasteiger partial charge is 0.410 e. The van der Waals surface area contributed by atoms with Crippen LogP contribution in [0.15, 0.2) is 36.9 Å². The van der Waals surface area contributed by atoms with E-state index in [9.17, 15) is 4.79 Å². The van der Waals surface area contributed by atoms with Crippen molar-refractivity contribution in [2.45, 2.75) is 45.9 Å². The monoisotopic (exact) mass is 312 g/mol. The normalized spacial score (nSPS) is 14.7. The first-order valence-corrected chi connectivity index (χ1v) is 8.08. The number of benzene rings is 1. The van der Waals surface area contributed by atoms with Gasteiger partial charge in [0, 0.05) is 29.7 Å². The van der Waals surface area contributed by atoms with Gasteiger partial charge in [0.05, 0.1) is 6.54 Å². The number of carbonyl (C=O) groups excluding carboxylic acids is 1. The maximum atomic E-state index is 12.4. The van der Waals surface area contributed by atoms with E-state index in [0.29, 0.717) is 13.1 Å². The van der Waals surface area contributed by atoms with Crippen LogP contribution in [0.3, 0.4) is 0 Å². The van der Waals surface area contributed by atoms with Crippen molar-refractivity contribution < 1.29 is 9.53 Å². The highest BCUT2D eigenvalue weighted by Gasteiger charge is 2.29. The number of fused-ring (bicyclic) bond motifs is 3. The summed E-state index contributed by atoms with van der Waals surface area (Å²) in [6, 6.07) is 8.42. The molecule has 0 saturated carbocycles. The van der Waals surface area contributed by atoms with Crippen LogP contribution in [0.25, 0.3) is 10.9 Å². The van der Waals surface area contributed by atoms with Gasteiger partial charge in [-0.1, -0.05) is 24.3 Å². The molecule has 0 radical (unpaired) electrons. The minimum Gasteiger partial charge on any atom is -0.444 e. The van der Waals surface area contributed by atoms with Gasteiger partial charge in [-0.25, -0.2) is 4.79 Å². The van der Waals surface area contributed by atoms with Crippen LogP contribution >= 0.6 is 0 Å². The standard InChI is InChI=1S/C19H24N2O2/c1-5-11-21-16-9-7-6-8-14(16)15-10-12-20(13-17(15)21)18(22)23-19(2,3)4/h5-9H,1,10-13H2,2-4H3. The lowest BCUT2D eigenvalue weighted by Gasteiger charge is -2.31. The van der Waals surface area contributed by atoms with E-state index in [1.54, 1.807) is 4.90 Å². The largest absolute Gasteiger partial charge is 0.444 e. The predicted octanol–water partition coefficient (Wildman–Crippen LogP) is 4.12. The second kappa shape index (κ2) is 5.76. The molecule has 4 heteroatoms. The Morgan fingerprint density at radius 3 is 2.78 bits per heavy atom. The molecular formula is C19H24N2O2. The van der Waals surface area contributed by atoms with Crippen LogP contribution in [0, 0.1) is 0 Å². The van der Waals surface area contributed by atoms with Crippen LogP contribution in [-0.2, 0) is 24.2 Å². The summed E-state index contributed by atoms with van der Waals surface area (Å²) in [6.45, 7) is 11.6. The van der Waals surface area contributed by atoms with Crippen molar-refractivity contribution >= 4 is 17.0 Å². The zero-order valence-corrected chi connectivity index (χ0v) is 14.1. The maximum Gasteiger partial charge on any atom is 0.410 e. The van der Waals surface area contributed by atoms with Crippen LogP contribution < -0.4 is 0 Å². The van der Waals surface area contributed by atoms with Crippen LogP contribution in [0.4, 0.5) is 4.79 Å². The van der Waals surface area contributed by atoms with Crippen molar-refractivity contribution in [3.05, 3.63) is 48.2 Å². The first-order valence-electron chi connectivity index (χ1n) is 8.08. The summed E-state index contributed by atoms with van der Waals surface area (Å²) in [4.78, 5) is 14.2. The van der Waals surface area contributed by atoms with Crippen LogP contribution in [0.2, 0.25) is 0 Å². The van der Waals surface area contributed by atoms with E-state index in [1.807, 2.05) is 26.8 Å². The van der Waals surface area contributed by atoms with E-state index in [0.717, 1.165) is 13.0 Å². The molecule has 2 aromatic rings. The molecule has 0 N–H and O–H groups in total. The van der Waals surface area contributed by atoms with Gasteiger partial charge >= 0.3 is 6.09 Å². The fraction of sp³-hybridized carbons (Fsp3) is 0.421. The molecule has 0 spiro atoms. The number of nitrogens with zero attached hydrogens (tertiary/aromatic N) is 2. The Hall–Kier alpha value is -2.23. The van der Waals surface area contributed by atoms with Gasteiger partial charge in [0.25, 0.3) is 0 Å². The van der Waals surface area contributed by atoms with Gasteiger partial charge in [0.15, 0.2) is 0 Å². The van der Waals surface area contributed by atoms with E-state index in [1.165, 1.54) is 22.2 Å². The number of ether oxygens (including phenoxy) is 1. The van der Waals surface area contributed by atoms with Crippen LogP contribution in [0.1, 0.15) is 32.0 Å². The third kappa shape index (κ3) is 2.98. The zero-order valence-electron chi connectivity index (χ0n) is 14.1. The summed E-state index contributed by atoms with van der Waals surface area (Å²) in [5.41, 5.74) is 3.29. The van der Waals surface area contributed by atoms with Gasteiger partial charge in [-0.05, 0) is 38.8 Å². The van der Waals surface area contributed by atoms with Gasteiger partial charge in [0.1, 0.15) is 5.60 Å². The molecule has 0 aliphatic carbocycles. The van der Waals surface area contributed by atoms with Crippen molar-refractivity contribution in [1.29, 1.82) is 0 Å². The highest BCUT2D eigenvalue weighted by Crippen LogP contribution is 2.31. The Balaban J connectivity index is 1.96. The molecule has 122 valence electrons. The molecule has 1 aromatic heterocycles. The highest BCUT2D eigenvalue weighted by atomic mass is 16.6. The summed E-state index contributed by atoms with van der Waals surface area (Å²) >= 11 is 0. The van der Waals surface area contributed by atoms with Crippen molar-refractivity contribution in [2.24, 2.45) is 0 Å². The van der Waals surface area contributed by atoms with Crippen LogP contribution in [0.5, 0.6) is 0 Å². The number of amides is 1. The van der Waals surface area contributed by atoms with Crippen molar-refractivity contribution in [3.8, 4) is 0 Å². The summed E-state index contributed by atoms with van der Waals surface area (Å²) in [6.07, 6.45) is 2.52. The predicted molar refractivity (Wildman–Crippen MR) is 92.5 cm³/mol. The SMILES string of the molecule is C=CCn1c2c(c3ccccc31)CCN(C(=O)OC(C)(C)C)C2. The Kier molecular flexibility index (Phi) is 3.92. The molecule has 0 bridgehead atoms. The van der Waals surface area contributed by atoms with Gasteiger partial charge in [-0.15, -0.1) is 6.58 Å². The molecule has 1 aromatic carbocycles. The minimum absolute atomic E-state index is 0.237. The Bertz CT molecular complexity index is 753. The van der Waals surface area contributed by atoms with Gasteiger partial charge < -0.3 is 14.2 Å². The average Bonchev–Trinajstić information content (AvgIpc) is 2.80. The fourth-order valence-electron chi connectivity index (χ4n) is 3.21. The first-order chi connectivity index (χ1) is 10.9. The number of para-hydroxylation sites is 1. The molecule has 3 rings (SSSR count). The summed E-state index contributed by atoms with van der Waals surface area (Å²) in [7, 11) is 0. The van der Waals surface area contributed by atoms with Crippen molar-refractivity contribution in [1.82, 2.24) is 9.47 Å². The number of carbonyl (C=O) groups is 1. The quantitative estimate of drug-likeness (QED) is 0.782. The Labute approximate surface area is 137 Å². The Morgan fingerprint density at radius 2 is 2.09 bits per heavy atom. The third-order valence-corrected chi connectivity index (χ3v) is 4.13. The molecule has 1 aliphatic heterocycles. The number of hydrogen-bond donors (Lipinski definition) is 0. The number of rotatable bonds is 2. The molecule has 0 saturated heterocycles. The second-order valence-corrected chi connectivity index (χ2v) is 6.99. The van der Waals surface area contributed by atoms with Gasteiger partial charge in [-0.3, -0.25) is 0 Å². The molecular weight excluding hydrogens is 288 g/mol. The van der Waals surface area contributed by atoms with Gasteiger partial charge in [0.2, 0.25) is 0 Å². The average molecular weight is 312 g/mol. The second-order valence-electron chi connectivity index (χ2n) is 6.99. The van der Waals surface area contributed by atoms with Crippen LogP contribution in [-0.4, -0.2) is 27.7 Å². The molecule has 1 amide bonds. The van der Waals surface area contributed by atoms with E-state index < -0.39 is 5.60 Å². The maximum absolute atomic E-state index is 12.4. The summed E-state index contributed by atoms with van der Waals surface area (Å²) in [5.74, 6) is 0. The topological polar surface area (TPSA) is 34.5 Å². The lowest BCUT2D eigenvalue weighted by Crippen LogP contribution is -2.40. The number of allylic oxidation sites excluding steroid dienone is 1. The lowest BCUT2D eigenvalue weighted by atomic mass is 10.0. The Morgan fingerprint density at radius 1 is 1.35 bits per heavy atom. The van der Waals surface area contributed by atoms with Gasteiger partial charge in [-0.2, -0.15) is 0 Å². The molecule has 0 fully saturated rings.